The van der Waals surface area contributed by atoms with Gasteiger partial charge in [-0.3, -0.25) is 0 Å². The number of aliphatic hydroxyl groups is 1. The summed E-state index contributed by atoms with van der Waals surface area (Å²) < 4.78 is 5.75. The maximum absolute atomic E-state index is 9.91. The summed E-state index contributed by atoms with van der Waals surface area (Å²) in [5.41, 5.74) is 2.11. The lowest BCUT2D eigenvalue weighted by molar-refractivity contribution is 0.0642. The summed E-state index contributed by atoms with van der Waals surface area (Å²) in [4.78, 5) is 0. The van der Waals surface area contributed by atoms with Crippen molar-refractivity contribution in [1.82, 2.24) is 0 Å². The number of hydrogen-bond acceptors (Lipinski definition) is 2. The minimum absolute atomic E-state index is 0.167. The Hall–Kier alpha value is -1.02. The van der Waals surface area contributed by atoms with E-state index in [0.29, 0.717) is 6.42 Å². The summed E-state index contributed by atoms with van der Waals surface area (Å²) in [7, 11) is 0. The van der Waals surface area contributed by atoms with Crippen LogP contribution in [0.3, 0.4) is 0 Å². The van der Waals surface area contributed by atoms with Crippen LogP contribution in [0.4, 0.5) is 0 Å². The Balaban J connectivity index is 2.35. The second-order valence-corrected chi connectivity index (χ2v) is 3.94. The van der Waals surface area contributed by atoms with Gasteiger partial charge < -0.3 is 9.84 Å². The van der Waals surface area contributed by atoms with Crippen LogP contribution in [0.5, 0.6) is 5.75 Å². The fraction of sp³-hybridized carbons (Fsp3) is 0.500. The van der Waals surface area contributed by atoms with Gasteiger partial charge in [0.05, 0.1) is 6.10 Å². The van der Waals surface area contributed by atoms with E-state index in [4.69, 9.17) is 4.74 Å². The third-order valence-corrected chi connectivity index (χ3v) is 2.76. The summed E-state index contributed by atoms with van der Waals surface area (Å²) in [5, 5.41) is 9.91. The zero-order valence-electron chi connectivity index (χ0n) is 8.66. The number of rotatable bonds is 1. The lowest BCUT2D eigenvalue weighted by Gasteiger charge is -2.29. The quantitative estimate of drug-likeness (QED) is 0.741. The molecule has 0 saturated carbocycles. The normalized spacial score (nSPS) is 25.4. The second kappa shape index (κ2) is 3.62. The standard InChI is InChI=1S/C12H16O2/c1-3-9-7-11(13)10-6-8(2)4-5-12(10)14-9/h4-6,9,11,13H,3,7H2,1-2H3/t9?,11-/m0/s1. The van der Waals surface area contributed by atoms with Crippen molar-refractivity contribution in [3.05, 3.63) is 29.3 Å². The molecule has 14 heavy (non-hydrogen) atoms. The Morgan fingerprint density at radius 1 is 1.50 bits per heavy atom. The third-order valence-electron chi connectivity index (χ3n) is 2.76. The molecule has 0 fully saturated rings. The van der Waals surface area contributed by atoms with E-state index in [0.717, 1.165) is 17.7 Å². The molecule has 1 aliphatic rings. The third kappa shape index (κ3) is 1.62. The van der Waals surface area contributed by atoms with E-state index in [2.05, 4.69) is 6.92 Å². The molecule has 0 aliphatic carbocycles. The van der Waals surface area contributed by atoms with E-state index in [9.17, 15) is 5.11 Å². The Morgan fingerprint density at radius 2 is 2.29 bits per heavy atom. The summed E-state index contributed by atoms with van der Waals surface area (Å²) in [5.74, 6) is 0.848. The Bertz CT molecular complexity index is 333. The van der Waals surface area contributed by atoms with E-state index in [1.165, 1.54) is 5.56 Å². The summed E-state index contributed by atoms with van der Waals surface area (Å²) in [6, 6.07) is 5.98. The molecule has 1 aromatic carbocycles. The van der Waals surface area contributed by atoms with Crippen molar-refractivity contribution in [3.8, 4) is 5.75 Å². The first-order chi connectivity index (χ1) is 6.70. The summed E-state index contributed by atoms with van der Waals surface area (Å²) in [6.45, 7) is 4.11. The molecule has 0 saturated heterocycles. The lowest BCUT2D eigenvalue weighted by Crippen LogP contribution is -2.24. The van der Waals surface area contributed by atoms with Crippen LogP contribution in [0.25, 0.3) is 0 Å². The van der Waals surface area contributed by atoms with Crippen LogP contribution in [0, 0.1) is 6.92 Å². The van der Waals surface area contributed by atoms with Gasteiger partial charge in [-0.05, 0) is 25.5 Å². The number of aliphatic hydroxyl groups excluding tert-OH is 1. The predicted molar refractivity (Wildman–Crippen MR) is 55.5 cm³/mol. The molecule has 1 aromatic rings. The first-order valence-corrected chi connectivity index (χ1v) is 5.16. The fourth-order valence-electron chi connectivity index (χ4n) is 1.89. The molecule has 0 spiro atoms. The van der Waals surface area contributed by atoms with Gasteiger partial charge in [0.15, 0.2) is 0 Å². The smallest absolute Gasteiger partial charge is 0.125 e. The second-order valence-electron chi connectivity index (χ2n) is 3.94. The lowest BCUT2D eigenvalue weighted by atomic mass is 9.96. The molecule has 2 nitrogen and oxygen atoms in total. The molecule has 1 unspecified atom stereocenters. The van der Waals surface area contributed by atoms with E-state index >= 15 is 0 Å². The molecule has 1 heterocycles. The van der Waals surface area contributed by atoms with Crippen LogP contribution in [0.15, 0.2) is 18.2 Å². The molecule has 1 aliphatic heterocycles. The van der Waals surface area contributed by atoms with E-state index in [1.807, 2.05) is 25.1 Å². The first kappa shape index (κ1) is 9.53. The van der Waals surface area contributed by atoms with Gasteiger partial charge in [0.1, 0.15) is 11.9 Å². The number of hydrogen-bond donors (Lipinski definition) is 1. The molecular weight excluding hydrogens is 176 g/mol. The number of aryl methyl sites for hydroxylation is 1. The van der Waals surface area contributed by atoms with Gasteiger partial charge in [-0.15, -0.1) is 0 Å². The molecule has 1 N–H and O–H groups in total. The van der Waals surface area contributed by atoms with Crippen LogP contribution in [-0.2, 0) is 0 Å². The van der Waals surface area contributed by atoms with Gasteiger partial charge >= 0.3 is 0 Å². The molecule has 0 radical (unpaired) electrons. The molecule has 0 bridgehead atoms. The van der Waals surface area contributed by atoms with Crippen molar-refractivity contribution < 1.29 is 9.84 Å². The molecule has 2 atom stereocenters. The van der Waals surface area contributed by atoms with Gasteiger partial charge in [-0.25, -0.2) is 0 Å². The maximum atomic E-state index is 9.91. The van der Waals surface area contributed by atoms with Crippen LogP contribution in [-0.4, -0.2) is 11.2 Å². The summed E-state index contributed by atoms with van der Waals surface area (Å²) in [6.07, 6.45) is 1.47. The highest BCUT2D eigenvalue weighted by atomic mass is 16.5. The fourth-order valence-corrected chi connectivity index (χ4v) is 1.89. The number of benzene rings is 1. The van der Waals surface area contributed by atoms with Crippen molar-refractivity contribution in [2.24, 2.45) is 0 Å². The minimum atomic E-state index is -0.358. The SMILES string of the molecule is CCC1C[C@H](O)c2cc(C)ccc2O1. The molecular formula is C12H16O2. The molecule has 76 valence electrons. The van der Waals surface area contributed by atoms with Gasteiger partial charge in [0.25, 0.3) is 0 Å². The van der Waals surface area contributed by atoms with E-state index in [1.54, 1.807) is 0 Å². The zero-order valence-corrected chi connectivity index (χ0v) is 8.66. The molecule has 0 amide bonds. The Labute approximate surface area is 84.5 Å². The largest absolute Gasteiger partial charge is 0.490 e. The van der Waals surface area contributed by atoms with Crippen molar-refractivity contribution in [2.75, 3.05) is 0 Å². The Morgan fingerprint density at radius 3 is 3.00 bits per heavy atom. The van der Waals surface area contributed by atoms with Gasteiger partial charge in [0, 0.05) is 12.0 Å². The van der Waals surface area contributed by atoms with Gasteiger partial charge in [0.2, 0.25) is 0 Å². The zero-order chi connectivity index (χ0) is 10.1. The number of ether oxygens (including phenoxy) is 1. The average molecular weight is 192 g/mol. The first-order valence-electron chi connectivity index (χ1n) is 5.16. The molecule has 0 aromatic heterocycles. The van der Waals surface area contributed by atoms with E-state index in [-0.39, 0.29) is 12.2 Å². The highest BCUT2D eigenvalue weighted by Crippen LogP contribution is 2.35. The van der Waals surface area contributed by atoms with Crippen LogP contribution in [0.2, 0.25) is 0 Å². The highest BCUT2D eigenvalue weighted by molar-refractivity contribution is 5.39. The number of fused-ring (bicyclic) bond motifs is 1. The van der Waals surface area contributed by atoms with Crippen molar-refractivity contribution in [2.45, 2.75) is 38.9 Å². The maximum Gasteiger partial charge on any atom is 0.125 e. The molecule has 2 heteroatoms. The van der Waals surface area contributed by atoms with Crippen molar-refractivity contribution >= 4 is 0 Å². The topological polar surface area (TPSA) is 29.5 Å². The van der Waals surface area contributed by atoms with Gasteiger partial charge in [-0.2, -0.15) is 0 Å². The van der Waals surface area contributed by atoms with Crippen LogP contribution in [0.1, 0.15) is 37.0 Å². The minimum Gasteiger partial charge on any atom is -0.490 e. The van der Waals surface area contributed by atoms with Crippen molar-refractivity contribution in [1.29, 1.82) is 0 Å². The van der Waals surface area contributed by atoms with E-state index < -0.39 is 0 Å². The van der Waals surface area contributed by atoms with Crippen LogP contribution < -0.4 is 4.74 Å². The van der Waals surface area contributed by atoms with Gasteiger partial charge in [-0.1, -0.05) is 18.6 Å². The predicted octanol–water partition coefficient (Wildman–Crippen LogP) is 2.59. The highest BCUT2D eigenvalue weighted by Gasteiger charge is 2.25. The summed E-state index contributed by atoms with van der Waals surface area (Å²) >= 11 is 0. The monoisotopic (exact) mass is 192 g/mol. The van der Waals surface area contributed by atoms with Crippen LogP contribution >= 0.6 is 0 Å². The average Bonchev–Trinajstić information content (AvgIpc) is 2.19. The Kier molecular flexibility index (Phi) is 2.46. The molecule has 2 rings (SSSR count). The van der Waals surface area contributed by atoms with Crippen molar-refractivity contribution in [3.63, 3.8) is 0 Å².